The van der Waals surface area contributed by atoms with Crippen molar-refractivity contribution in [2.24, 2.45) is 0 Å². The average Bonchev–Trinajstić information content (AvgIpc) is 2.56. The summed E-state index contributed by atoms with van der Waals surface area (Å²) in [6.45, 7) is 0. The minimum Gasteiger partial charge on any atom is -0.496 e. The van der Waals surface area contributed by atoms with Crippen molar-refractivity contribution < 1.29 is 4.74 Å². The second kappa shape index (κ2) is 6.27. The predicted octanol–water partition coefficient (Wildman–Crippen LogP) is 4.95. The van der Waals surface area contributed by atoms with E-state index in [1.54, 1.807) is 7.11 Å². The molecule has 3 rings (SSSR count). The van der Waals surface area contributed by atoms with Crippen LogP contribution in [-0.2, 0) is 6.42 Å². The minimum absolute atomic E-state index is 0.911. The molecule has 0 heterocycles. The third-order valence-corrected chi connectivity index (χ3v) is 3.60. The molecule has 0 radical (unpaired) electrons. The Morgan fingerprint density at radius 3 is 2.24 bits per heavy atom. The first kappa shape index (κ1) is 13.4. The maximum absolute atomic E-state index is 5.46. The molecular weight excluding hydrogens is 256 g/mol. The number of hydrogen-bond donors (Lipinski definition) is 0. The molecule has 3 aromatic rings. The summed E-state index contributed by atoms with van der Waals surface area (Å²) in [5.41, 5.74) is 4.97. The van der Waals surface area contributed by atoms with Crippen LogP contribution in [-0.4, -0.2) is 7.11 Å². The second-order valence-corrected chi connectivity index (χ2v) is 5.06. The van der Waals surface area contributed by atoms with Crippen LogP contribution in [0.1, 0.15) is 11.1 Å². The number of hydrogen-bond acceptors (Lipinski definition) is 1. The Kier molecular flexibility index (Phi) is 4.02. The fourth-order valence-electron chi connectivity index (χ4n) is 2.56. The first-order valence-corrected chi connectivity index (χ1v) is 7.13. The zero-order valence-electron chi connectivity index (χ0n) is 12.1. The van der Waals surface area contributed by atoms with Crippen molar-refractivity contribution in [2.75, 3.05) is 7.11 Å². The highest BCUT2D eigenvalue weighted by atomic mass is 16.5. The Hall–Kier alpha value is -2.54. The van der Waals surface area contributed by atoms with E-state index in [9.17, 15) is 0 Å². The maximum atomic E-state index is 5.46. The van der Waals surface area contributed by atoms with Crippen molar-refractivity contribution in [3.05, 3.63) is 90.0 Å². The largest absolute Gasteiger partial charge is 0.496 e. The van der Waals surface area contributed by atoms with E-state index in [1.165, 1.54) is 16.7 Å². The van der Waals surface area contributed by atoms with Gasteiger partial charge in [0.1, 0.15) is 5.75 Å². The van der Waals surface area contributed by atoms with Crippen molar-refractivity contribution in [3.8, 4) is 16.9 Å². The van der Waals surface area contributed by atoms with Gasteiger partial charge in [0.15, 0.2) is 0 Å². The monoisotopic (exact) mass is 274 g/mol. The van der Waals surface area contributed by atoms with Crippen molar-refractivity contribution in [1.82, 2.24) is 0 Å². The first-order valence-electron chi connectivity index (χ1n) is 7.13. The third kappa shape index (κ3) is 3.14. The average molecular weight is 274 g/mol. The summed E-state index contributed by atoms with van der Waals surface area (Å²) in [4.78, 5) is 0. The van der Waals surface area contributed by atoms with Crippen molar-refractivity contribution >= 4 is 0 Å². The number of para-hydroxylation sites is 1. The van der Waals surface area contributed by atoms with Crippen LogP contribution in [0, 0.1) is 0 Å². The van der Waals surface area contributed by atoms with Crippen LogP contribution in [0.15, 0.2) is 78.9 Å². The molecule has 0 spiro atoms. The van der Waals surface area contributed by atoms with Gasteiger partial charge in [0.05, 0.1) is 7.11 Å². The van der Waals surface area contributed by atoms with Crippen LogP contribution in [0.25, 0.3) is 11.1 Å². The van der Waals surface area contributed by atoms with Crippen LogP contribution in [0.2, 0.25) is 0 Å². The topological polar surface area (TPSA) is 9.23 Å². The molecule has 0 unspecified atom stereocenters. The van der Waals surface area contributed by atoms with E-state index in [0.717, 1.165) is 17.7 Å². The summed E-state index contributed by atoms with van der Waals surface area (Å²) in [7, 11) is 1.71. The van der Waals surface area contributed by atoms with Gasteiger partial charge in [-0.1, -0.05) is 72.8 Å². The molecule has 0 aliphatic heterocycles. The number of ether oxygens (including phenoxy) is 1. The van der Waals surface area contributed by atoms with Gasteiger partial charge in [-0.15, -0.1) is 0 Å². The summed E-state index contributed by atoms with van der Waals surface area (Å²) in [5.74, 6) is 0.911. The van der Waals surface area contributed by atoms with Gasteiger partial charge in [-0.25, -0.2) is 0 Å². The Morgan fingerprint density at radius 2 is 1.43 bits per heavy atom. The molecule has 3 aromatic carbocycles. The van der Waals surface area contributed by atoms with E-state index >= 15 is 0 Å². The Bertz CT molecular complexity index is 717. The SMILES string of the molecule is COc1ccccc1-c1cccc(Cc2ccccc2)c1. The Labute approximate surface area is 125 Å². The van der Waals surface area contributed by atoms with Crippen LogP contribution in [0.4, 0.5) is 0 Å². The van der Waals surface area contributed by atoms with Crippen LogP contribution in [0.5, 0.6) is 5.75 Å². The minimum atomic E-state index is 0.911. The second-order valence-electron chi connectivity index (χ2n) is 5.06. The van der Waals surface area contributed by atoms with Crippen molar-refractivity contribution in [1.29, 1.82) is 0 Å². The molecule has 21 heavy (non-hydrogen) atoms. The molecule has 0 aromatic heterocycles. The fourth-order valence-corrected chi connectivity index (χ4v) is 2.56. The molecule has 0 aliphatic rings. The van der Waals surface area contributed by atoms with Crippen molar-refractivity contribution in [3.63, 3.8) is 0 Å². The van der Waals surface area contributed by atoms with Crippen LogP contribution < -0.4 is 4.74 Å². The summed E-state index contributed by atoms with van der Waals surface area (Å²) in [6.07, 6.45) is 0.948. The van der Waals surface area contributed by atoms with Crippen LogP contribution in [0.3, 0.4) is 0 Å². The van der Waals surface area contributed by atoms with E-state index < -0.39 is 0 Å². The lowest BCUT2D eigenvalue weighted by molar-refractivity contribution is 0.416. The van der Waals surface area contributed by atoms with Gasteiger partial charge in [-0.2, -0.15) is 0 Å². The zero-order chi connectivity index (χ0) is 14.5. The molecule has 0 atom stereocenters. The molecule has 0 amide bonds. The number of rotatable bonds is 4. The van der Waals surface area contributed by atoms with E-state index in [-0.39, 0.29) is 0 Å². The standard InChI is InChI=1S/C20H18O/c1-21-20-13-6-5-12-19(20)18-11-7-10-17(15-18)14-16-8-3-2-4-9-16/h2-13,15H,14H2,1H3. The maximum Gasteiger partial charge on any atom is 0.126 e. The normalized spacial score (nSPS) is 10.3. The first-order chi connectivity index (χ1) is 10.4. The molecule has 1 nitrogen and oxygen atoms in total. The lowest BCUT2D eigenvalue weighted by Gasteiger charge is -2.10. The molecular formula is C20H18O. The van der Waals surface area contributed by atoms with Crippen LogP contribution >= 0.6 is 0 Å². The summed E-state index contributed by atoms with van der Waals surface area (Å²) in [6, 6.07) is 27.3. The lowest BCUT2D eigenvalue weighted by atomic mass is 9.99. The molecule has 1 heteroatoms. The highest BCUT2D eigenvalue weighted by Crippen LogP contribution is 2.30. The third-order valence-electron chi connectivity index (χ3n) is 3.60. The van der Waals surface area contributed by atoms with Gasteiger partial charge in [0.25, 0.3) is 0 Å². The molecule has 0 saturated heterocycles. The van der Waals surface area contributed by atoms with E-state index in [0.29, 0.717) is 0 Å². The molecule has 0 fully saturated rings. The van der Waals surface area contributed by atoms with Gasteiger partial charge in [0, 0.05) is 5.56 Å². The summed E-state index contributed by atoms with van der Waals surface area (Å²) >= 11 is 0. The quantitative estimate of drug-likeness (QED) is 0.654. The van der Waals surface area contributed by atoms with E-state index in [4.69, 9.17) is 4.74 Å². The lowest BCUT2D eigenvalue weighted by Crippen LogP contribution is -1.90. The number of methoxy groups -OCH3 is 1. The molecule has 0 aliphatic carbocycles. The fraction of sp³-hybridized carbons (Fsp3) is 0.100. The zero-order valence-corrected chi connectivity index (χ0v) is 12.1. The Balaban J connectivity index is 1.93. The molecule has 0 bridgehead atoms. The molecule has 0 N–H and O–H groups in total. The summed E-state index contributed by atoms with van der Waals surface area (Å²) < 4.78 is 5.46. The summed E-state index contributed by atoms with van der Waals surface area (Å²) in [5, 5.41) is 0. The highest BCUT2D eigenvalue weighted by molar-refractivity contribution is 5.70. The predicted molar refractivity (Wildman–Crippen MR) is 87.7 cm³/mol. The van der Waals surface area contributed by atoms with Gasteiger partial charge < -0.3 is 4.74 Å². The highest BCUT2D eigenvalue weighted by Gasteiger charge is 2.05. The van der Waals surface area contributed by atoms with Crippen molar-refractivity contribution in [2.45, 2.75) is 6.42 Å². The van der Waals surface area contributed by atoms with Gasteiger partial charge in [-0.05, 0) is 29.2 Å². The number of benzene rings is 3. The van der Waals surface area contributed by atoms with Gasteiger partial charge in [0.2, 0.25) is 0 Å². The smallest absolute Gasteiger partial charge is 0.126 e. The van der Waals surface area contributed by atoms with E-state index in [2.05, 4.69) is 60.7 Å². The van der Waals surface area contributed by atoms with E-state index in [1.807, 2.05) is 18.2 Å². The van der Waals surface area contributed by atoms with Gasteiger partial charge >= 0.3 is 0 Å². The molecule has 0 saturated carbocycles. The Morgan fingerprint density at radius 1 is 0.714 bits per heavy atom. The van der Waals surface area contributed by atoms with Gasteiger partial charge in [-0.3, -0.25) is 0 Å². The molecule has 104 valence electrons.